The van der Waals surface area contributed by atoms with E-state index in [0.717, 1.165) is 25.4 Å². The number of ether oxygens (including phenoxy) is 1. The Labute approximate surface area is 87.9 Å². The van der Waals surface area contributed by atoms with E-state index in [4.69, 9.17) is 4.74 Å². The molecular formula is C11H13N3O. The maximum Gasteiger partial charge on any atom is 0.141 e. The quantitative estimate of drug-likeness (QED) is 0.751. The van der Waals surface area contributed by atoms with Crippen LogP contribution in [0.5, 0.6) is 0 Å². The first kappa shape index (κ1) is 8.88. The highest BCUT2D eigenvalue weighted by atomic mass is 16.5. The van der Waals surface area contributed by atoms with E-state index < -0.39 is 0 Å². The Morgan fingerprint density at radius 1 is 1.47 bits per heavy atom. The molecular weight excluding hydrogens is 190 g/mol. The van der Waals surface area contributed by atoms with E-state index in [1.165, 1.54) is 5.56 Å². The molecule has 1 fully saturated rings. The van der Waals surface area contributed by atoms with Gasteiger partial charge in [-0.2, -0.15) is 0 Å². The third-order valence-corrected chi connectivity index (χ3v) is 2.75. The number of nitrogens with one attached hydrogen (secondary N) is 1. The number of morpholine rings is 1. The van der Waals surface area contributed by atoms with Crippen molar-refractivity contribution in [2.75, 3.05) is 19.8 Å². The monoisotopic (exact) mass is 203 g/mol. The molecule has 1 aliphatic heterocycles. The molecule has 0 aromatic carbocycles. The van der Waals surface area contributed by atoms with Gasteiger partial charge in [-0.25, -0.2) is 4.98 Å². The second kappa shape index (κ2) is 3.64. The molecule has 3 heterocycles. The standard InChI is InChI=1S/C11H13N3O/c1-2-9(10-8-15-7-4-12-10)11-13-3-6-14(11)5-1/h1-3,5-6,10,12H,4,7-8H2. The van der Waals surface area contributed by atoms with Gasteiger partial charge in [-0.05, 0) is 6.07 Å². The zero-order valence-electron chi connectivity index (χ0n) is 8.39. The Kier molecular flexibility index (Phi) is 2.16. The molecule has 1 saturated heterocycles. The minimum Gasteiger partial charge on any atom is -0.378 e. The largest absolute Gasteiger partial charge is 0.378 e. The number of hydrogen-bond acceptors (Lipinski definition) is 3. The summed E-state index contributed by atoms with van der Waals surface area (Å²) in [5.41, 5.74) is 2.22. The van der Waals surface area contributed by atoms with Gasteiger partial charge in [0.15, 0.2) is 0 Å². The molecule has 0 spiro atoms. The zero-order valence-corrected chi connectivity index (χ0v) is 8.39. The van der Waals surface area contributed by atoms with Gasteiger partial charge in [0.2, 0.25) is 0 Å². The van der Waals surface area contributed by atoms with Crippen LogP contribution in [0.4, 0.5) is 0 Å². The van der Waals surface area contributed by atoms with Gasteiger partial charge in [-0.15, -0.1) is 0 Å². The molecule has 4 heteroatoms. The molecule has 2 aromatic heterocycles. The van der Waals surface area contributed by atoms with Crippen molar-refractivity contribution >= 4 is 5.65 Å². The minimum atomic E-state index is 0.268. The molecule has 1 N–H and O–H groups in total. The Bertz CT molecular complexity index is 460. The van der Waals surface area contributed by atoms with Crippen LogP contribution in [0.1, 0.15) is 11.6 Å². The van der Waals surface area contributed by atoms with Crippen molar-refractivity contribution in [2.24, 2.45) is 0 Å². The van der Waals surface area contributed by atoms with Gasteiger partial charge in [0.1, 0.15) is 5.65 Å². The van der Waals surface area contributed by atoms with Gasteiger partial charge in [0.25, 0.3) is 0 Å². The van der Waals surface area contributed by atoms with Crippen molar-refractivity contribution in [2.45, 2.75) is 6.04 Å². The average molecular weight is 203 g/mol. The van der Waals surface area contributed by atoms with Crippen LogP contribution in [0.25, 0.3) is 5.65 Å². The van der Waals surface area contributed by atoms with Crippen molar-refractivity contribution < 1.29 is 4.74 Å². The lowest BCUT2D eigenvalue weighted by Crippen LogP contribution is -2.34. The molecule has 0 amide bonds. The van der Waals surface area contributed by atoms with Crippen molar-refractivity contribution in [3.8, 4) is 0 Å². The van der Waals surface area contributed by atoms with Gasteiger partial charge in [-0.1, -0.05) is 6.07 Å². The molecule has 0 radical (unpaired) electrons. The van der Waals surface area contributed by atoms with E-state index >= 15 is 0 Å². The lowest BCUT2D eigenvalue weighted by atomic mass is 10.1. The van der Waals surface area contributed by atoms with Crippen LogP contribution in [0.3, 0.4) is 0 Å². The summed E-state index contributed by atoms with van der Waals surface area (Å²) >= 11 is 0. The van der Waals surface area contributed by atoms with E-state index in [1.807, 2.05) is 29.1 Å². The van der Waals surface area contributed by atoms with Crippen molar-refractivity contribution in [3.05, 3.63) is 36.3 Å². The number of hydrogen-bond donors (Lipinski definition) is 1. The fourth-order valence-electron chi connectivity index (χ4n) is 2.01. The third-order valence-electron chi connectivity index (χ3n) is 2.75. The fourth-order valence-corrected chi connectivity index (χ4v) is 2.01. The molecule has 0 bridgehead atoms. The first-order chi connectivity index (χ1) is 7.45. The van der Waals surface area contributed by atoms with Crippen LogP contribution in [-0.4, -0.2) is 29.1 Å². The second-order valence-corrected chi connectivity index (χ2v) is 3.70. The van der Waals surface area contributed by atoms with Crippen LogP contribution in [0, 0.1) is 0 Å². The maximum atomic E-state index is 5.46. The number of nitrogens with zero attached hydrogens (tertiary/aromatic N) is 2. The predicted molar refractivity (Wildman–Crippen MR) is 56.8 cm³/mol. The first-order valence-electron chi connectivity index (χ1n) is 5.18. The summed E-state index contributed by atoms with van der Waals surface area (Å²) in [6, 6.07) is 4.42. The average Bonchev–Trinajstić information content (AvgIpc) is 2.78. The molecule has 0 saturated carbocycles. The first-order valence-corrected chi connectivity index (χ1v) is 5.18. The number of rotatable bonds is 1. The van der Waals surface area contributed by atoms with Gasteiger partial charge in [0.05, 0.1) is 19.3 Å². The molecule has 1 unspecified atom stereocenters. The highest BCUT2D eigenvalue weighted by Gasteiger charge is 2.17. The van der Waals surface area contributed by atoms with Gasteiger partial charge < -0.3 is 14.5 Å². The summed E-state index contributed by atoms with van der Waals surface area (Å²) in [5.74, 6) is 0. The topological polar surface area (TPSA) is 38.6 Å². The Morgan fingerprint density at radius 2 is 2.47 bits per heavy atom. The predicted octanol–water partition coefficient (Wildman–Crippen LogP) is 0.995. The Balaban J connectivity index is 2.05. The summed E-state index contributed by atoms with van der Waals surface area (Å²) in [6.45, 7) is 2.44. The van der Waals surface area contributed by atoms with Crippen molar-refractivity contribution in [3.63, 3.8) is 0 Å². The molecule has 15 heavy (non-hydrogen) atoms. The Hall–Kier alpha value is -1.39. The fraction of sp³-hybridized carbons (Fsp3) is 0.364. The summed E-state index contributed by atoms with van der Waals surface area (Å²) < 4.78 is 7.50. The van der Waals surface area contributed by atoms with Crippen LogP contribution < -0.4 is 5.32 Å². The summed E-state index contributed by atoms with van der Waals surface area (Å²) in [6.07, 6.45) is 5.79. The number of aromatic nitrogens is 2. The number of imidazole rings is 1. The zero-order chi connectivity index (χ0) is 10.1. The molecule has 2 aromatic rings. The van der Waals surface area contributed by atoms with E-state index in [9.17, 15) is 0 Å². The lowest BCUT2D eigenvalue weighted by molar-refractivity contribution is 0.0771. The minimum absolute atomic E-state index is 0.268. The normalized spacial score (nSPS) is 22.0. The van der Waals surface area contributed by atoms with Crippen LogP contribution >= 0.6 is 0 Å². The van der Waals surface area contributed by atoms with Crippen LogP contribution in [-0.2, 0) is 4.74 Å². The van der Waals surface area contributed by atoms with Crippen LogP contribution in [0.2, 0.25) is 0 Å². The van der Waals surface area contributed by atoms with Crippen molar-refractivity contribution in [1.82, 2.24) is 14.7 Å². The van der Waals surface area contributed by atoms with Crippen LogP contribution in [0.15, 0.2) is 30.7 Å². The number of fused-ring (bicyclic) bond motifs is 1. The lowest BCUT2D eigenvalue weighted by Gasteiger charge is -2.24. The SMILES string of the molecule is c1cc(C2COCCN2)c2nccn2c1. The van der Waals surface area contributed by atoms with E-state index in [0.29, 0.717) is 0 Å². The Morgan fingerprint density at radius 3 is 3.33 bits per heavy atom. The molecule has 1 aliphatic rings. The van der Waals surface area contributed by atoms with Gasteiger partial charge in [-0.3, -0.25) is 0 Å². The second-order valence-electron chi connectivity index (χ2n) is 3.70. The van der Waals surface area contributed by atoms with E-state index in [1.54, 1.807) is 0 Å². The number of pyridine rings is 1. The van der Waals surface area contributed by atoms with Gasteiger partial charge in [0, 0.05) is 30.7 Å². The smallest absolute Gasteiger partial charge is 0.141 e. The molecule has 78 valence electrons. The molecule has 4 nitrogen and oxygen atoms in total. The highest BCUT2D eigenvalue weighted by Crippen LogP contribution is 2.19. The maximum absolute atomic E-state index is 5.46. The summed E-state index contributed by atoms with van der Waals surface area (Å²) in [7, 11) is 0. The molecule has 1 atom stereocenters. The van der Waals surface area contributed by atoms with E-state index in [2.05, 4.69) is 16.4 Å². The summed E-state index contributed by atoms with van der Waals surface area (Å²) in [4.78, 5) is 4.36. The van der Waals surface area contributed by atoms with E-state index in [-0.39, 0.29) is 6.04 Å². The molecule has 3 rings (SSSR count). The highest BCUT2D eigenvalue weighted by molar-refractivity contribution is 5.49. The summed E-state index contributed by atoms with van der Waals surface area (Å²) in [5, 5.41) is 3.44. The molecule has 0 aliphatic carbocycles. The van der Waals surface area contributed by atoms with Crippen molar-refractivity contribution in [1.29, 1.82) is 0 Å². The third kappa shape index (κ3) is 1.52. The van der Waals surface area contributed by atoms with Gasteiger partial charge >= 0.3 is 0 Å².